The zero-order chi connectivity index (χ0) is 13.8. The van der Waals surface area contributed by atoms with Crippen molar-refractivity contribution in [3.8, 4) is 5.69 Å². The molecule has 4 heteroatoms. The summed E-state index contributed by atoms with van der Waals surface area (Å²) in [5, 5.41) is 11.9. The summed E-state index contributed by atoms with van der Waals surface area (Å²) in [4.78, 5) is 1.64. The van der Waals surface area contributed by atoms with Gasteiger partial charge in [0.25, 0.3) is 0 Å². The van der Waals surface area contributed by atoms with Crippen LogP contribution in [0.1, 0.15) is 39.0 Å². The first-order valence-electron chi connectivity index (χ1n) is 7.58. The molecule has 3 rings (SSSR count). The summed E-state index contributed by atoms with van der Waals surface area (Å²) in [6.45, 7) is 2.30. The van der Waals surface area contributed by atoms with E-state index in [-0.39, 0.29) is 0 Å². The Kier molecular flexibility index (Phi) is 4.00. The van der Waals surface area contributed by atoms with Crippen LogP contribution in [0.15, 0.2) is 36.7 Å². The number of aromatic nitrogens is 3. The van der Waals surface area contributed by atoms with E-state index in [0.29, 0.717) is 6.04 Å². The largest absolute Gasteiger partial charge is 0.382 e. The first kappa shape index (κ1) is 13.2. The molecule has 0 aliphatic heterocycles. The van der Waals surface area contributed by atoms with Crippen LogP contribution >= 0.6 is 0 Å². The Bertz CT molecular complexity index is 518. The molecule has 1 aliphatic carbocycles. The lowest BCUT2D eigenvalue weighted by atomic mass is 9.84. The Morgan fingerprint density at radius 2 is 1.90 bits per heavy atom. The van der Waals surface area contributed by atoms with Crippen molar-refractivity contribution in [2.24, 2.45) is 5.92 Å². The van der Waals surface area contributed by atoms with Crippen LogP contribution in [0.4, 0.5) is 5.69 Å². The summed E-state index contributed by atoms with van der Waals surface area (Å²) in [6, 6.07) is 8.98. The van der Waals surface area contributed by atoms with Crippen LogP contribution in [0.25, 0.3) is 5.69 Å². The van der Waals surface area contributed by atoms with Crippen LogP contribution < -0.4 is 5.32 Å². The van der Waals surface area contributed by atoms with E-state index in [1.165, 1.54) is 37.8 Å². The highest BCUT2D eigenvalue weighted by Gasteiger charge is 2.20. The van der Waals surface area contributed by atoms with Crippen LogP contribution in [0.5, 0.6) is 0 Å². The van der Waals surface area contributed by atoms with Gasteiger partial charge in [-0.2, -0.15) is 15.0 Å². The van der Waals surface area contributed by atoms with E-state index in [9.17, 15) is 0 Å². The Balaban J connectivity index is 1.63. The third-order valence-corrected chi connectivity index (χ3v) is 4.25. The molecular weight excluding hydrogens is 248 g/mol. The number of hydrogen-bond donors (Lipinski definition) is 1. The molecule has 1 aliphatic rings. The predicted octanol–water partition coefficient (Wildman–Crippen LogP) is 3.65. The van der Waals surface area contributed by atoms with Gasteiger partial charge >= 0.3 is 0 Å². The third-order valence-electron chi connectivity index (χ3n) is 4.25. The second kappa shape index (κ2) is 6.07. The van der Waals surface area contributed by atoms with Gasteiger partial charge in [-0.15, -0.1) is 0 Å². The molecule has 1 saturated carbocycles. The molecule has 4 nitrogen and oxygen atoms in total. The Labute approximate surface area is 120 Å². The molecule has 1 N–H and O–H groups in total. The van der Waals surface area contributed by atoms with E-state index in [1.54, 1.807) is 17.2 Å². The third kappa shape index (κ3) is 3.00. The first-order valence-corrected chi connectivity index (χ1v) is 7.58. The molecule has 0 bridgehead atoms. The average molecular weight is 270 g/mol. The van der Waals surface area contributed by atoms with Gasteiger partial charge in [0, 0.05) is 11.7 Å². The molecule has 0 amide bonds. The number of hydrogen-bond acceptors (Lipinski definition) is 3. The minimum absolute atomic E-state index is 0.627. The minimum Gasteiger partial charge on any atom is -0.382 e. The second-order valence-electron chi connectivity index (χ2n) is 5.65. The van der Waals surface area contributed by atoms with Gasteiger partial charge in [-0.25, -0.2) is 0 Å². The standard InChI is InChI=1S/C16H22N4/c1-2-13-4-3-5-15(12-13)19-14-6-8-16(9-7-14)20-17-10-11-18-20/h6-11,13,15,19H,2-5,12H2,1H3. The summed E-state index contributed by atoms with van der Waals surface area (Å²) < 4.78 is 0. The molecule has 0 spiro atoms. The van der Waals surface area contributed by atoms with Crippen LogP contribution in [-0.4, -0.2) is 21.0 Å². The number of anilines is 1. The van der Waals surface area contributed by atoms with Crippen molar-refractivity contribution in [1.82, 2.24) is 15.0 Å². The SMILES string of the molecule is CCC1CCCC(Nc2ccc(-n3nccn3)cc2)C1. The number of benzene rings is 1. The molecule has 20 heavy (non-hydrogen) atoms. The van der Waals surface area contributed by atoms with Crippen molar-refractivity contribution >= 4 is 5.69 Å². The highest BCUT2D eigenvalue weighted by Crippen LogP contribution is 2.28. The molecule has 1 fully saturated rings. The van der Waals surface area contributed by atoms with Crippen molar-refractivity contribution in [3.05, 3.63) is 36.7 Å². The van der Waals surface area contributed by atoms with Gasteiger partial charge in [0.1, 0.15) is 0 Å². The van der Waals surface area contributed by atoms with Gasteiger partial charge in [0.2, 0.25) is 0 Å². The van der Waals surface area contributed by atoms with Crippen molar-refractivity contribution in [2.75, 3.05) is 5.32 Å². The van der Waals surface area contributed by atoms with Crippen LogP contribution in [0.2, 0.25) is 0 Å². The van der Waals surface area contributed by atoms with Gasteiger partial charge < -0.3 is 5.32 Å². The molecule has 1 aromatic carbocycles. The zero-order valence-electron chi connectivity index (χ0n) is 12.0. The smallest absolute Gasteiger partial charge is 0.0858 e. The maximum Gasteiger partial charge on any atom is 0.0858 e. The fourth-order valence-electron chi connectivity index (χ4n) is 3.07. The van der Waals surface area contributed by atoms with E-state index in [0.717, 1.165) is 11.6 Å². The molecule has 2 aromatic rings. The van der Waals surface area contributed by atoms with Crippen molar-refractivity contribution < 1.29 is 0 Å². The van der Waals surface area contributed by atoms with Gasteiger partial charge in [-0.3, -0.25) is 0 Å². The molecule has 0 saturated heterocycles. The second-order valence-corrected chi connectivity index (χ2v) is 5.65. The van der Waals surface area contributed by atoms with E-state index in [2.05, 4.69) is 46.7 Å². The number of nitrogens with one attached hydrogen (secondary N) is 1. The van der Waals surface area contributed by atoms with Crippen LogP contribution in [-0.2, 0) is 0 Å². The van der Waals surface area contributed by atoms with Crippen molar-refractivity contribution in [2.45, 2.75) is 45.1 Å². The average Bonchev–Trinajstić information content (AvgIpc) is 3.02. The van der Waals surface area contributed by atoms with Gasteiger partial charge in [0.05, 0.1) is 18.1 Å². The lowest BCUT2D eigenvalue weighted by Crippen LogP contribution is -2.27. The number of rotatable bonds is 4. The summed E-state index contributed by atoms with van der Waals surface area (Å²) in [7, 11) is 0. The van der Waals surface area contributed by atoms with Crippen molar-refractivity contribution in [1.29, 1.82) is 0 Å². The topological polar surface area (TPSA) is 42.7 Å². The van der Waals surface area contributed by atoms with E-state index < -0.39 is 0 Å². The van der Waals surface area contributed by atoms with Crippen molar-refractivity contribution in [3.63, 3.8) is 0 Å². The fourth-order valence-corrected chi connectivity index (χ4v) is 3.07. The Morgan fingerprint density at radius 3 is 2.60 bits per heavy atom. The molecule has 106 valence electrons. The van der Waals surface area contributed by atoms with Crippen LogP contribution in [0.3, 0.4) is 0 Å². The highest BCUT2D eigenvalue weighted by molar-refractivity contribution is 5.48. The monoisotopic (exact) mass is 270 g/mol. The Hall–Kier alpha value is -1.84. The molecule has 2 unspecified atom stereocenters. The minimum atomic E-state index is 0.627. The lowest BCUT2D eigenvalue weighted by molar-refractivity contribution is 0.327. The van der Waals surface area contributed by atoms with E-state index in [4.69, 9.17) is 0 Å². The van der Waals surface area contributed by atoms with Crippen LogP contribution in [0, 0.1) is 5.92 Å². The highest BCUT2D eigenvalue weighted by atomic mass is 15.5. The van der Waals surface area contributed by atoms with Gasteiger partial charge in [-0.05, 0) is 43.0 Å². The molecular formula is C16H22N4. The summed E-state index contributed by atoms with van der Waals surface area (Å²) in [5.74, 6) is 0.897. The number of nitrogens with zero attached hydrogens (tertiary/aromatic N) is 3. The molecule has 0 radical (unpaired) electrons. The normalized spacial score (nSPS) is 22.6. The van der Waals surface area contributed by atoms with Gasteiger partial charge in [0.15, 0.2) is 0 Å². The quantitative estimate of drug-likeness (QED) is 0.922. The zero-order valence-corrected chi connectivity index (χ0v) is 12.0. The fraction of sp³-hybridized carbons (Fsp3) is 0.500. The molecule has 1 aromatic heterocycles. The van der Waals surface area contributed by atoms with E-state index >= 15 is 0 Å². The lowest BCUT2D eigenvalue weighted by Gasteiger charge is -2.29. The maximum atomic E-state index is 4.14. The summed E-state index contributed by atoms with van der Waals surface area (Å²) in [6.07, 6.45) is 10.0. The van der Waals surface area contributed by atoms with E-state index in [1.807, 2.05) is 0 Å². The predicted molar refractivity (Wildman–Crippen MR) is 81.0 cm³/mol. The summed E-state index contributed by atoms with van der Waals surface area (Å²) >= 11 is 0. The maximum absolute atomic E-state index is 4.14. The first-order chi connectivity index (χ1) is 9.85. The summed E-state index contributed by atoms with van der Waals surface area (Å²) in [5.41, 5.74) is 2.19. The molecule has 2 atom stereocenters. The van der Waals surface area contributed by atoms with Gasteiger partial charge in [-0.1, -0.05) is 26.2 Å². The Morgan fingerprint density at radius 1 is 1.15 bits per heavy atom. The molecule has 1 heterocycles.